The molecule has 0 heterocycles. The Morgan fingerprint density at radius 1 is 0.960 bits per heavy atom. The van der Waals surface area contributed by atoms with Gasteiger partial charge in [-0.05, 0) is 74.5 Å². The van der Waals surface area contributed by atoms with Crippen LogP contribution in [-0.4, -0.2) is 14.3 Å². The number of amides is 1. The highest BCUT2D eigenvalue weighted by atomic mass is 35.5. The number of hydrogen-bond acceptors (Lipinski definition) is 3. The second-order valence-corrected chi connectivity index (χ2v) is 10.4. The minimum atomic E-state index is -3.92. The van der Waals surface area contributed by atoms with E-state index in [1.54, 1.807) is 0 Å². The van der Waals surface area contributed by atoms with Crippen LogP contribution in [0.2, 0.25) is 10.0 Å². The molecule has 4 bridgehead atoms. The van der Waals surface area contributed by atoms with Crippen molar-refractivity contribution in [1.29, 1.82) is 0 Å². The van der Waals surface area contributed by atoms with Gasteiger partial charge < -0.3 is 0 Å². The lowest BCUT2D eigenvalue weighted by Gasteiger charge is -2.55. The summed E-state index contributed by atoms with van der Waals surface area (Å²) in [7, 11) is -3.92. The summed E-state index contributed by atoms with van der Waals surface area (Å²) in [5.41, 5.74) is 2.04. The normalized spacial score (nSPS) is 33.4. The maximum Gasteiger partial charge on any atom is 0.257 e. The first-order valence-corrected chi connectivity index (χ1v) is 10.8. The van der Waals surface area contributed by atoms with Gasteiger partial charge in [-0.3, -0.25) is 10.2 Å². The third-order valence-corrected chi connectivity index (χ3v) is 7.63. The molecule has 4 aliphatic carbocycles. The number of halogens is 2. The number of hydrazine groups is 1. The van der Waals surface area contributed by atoms with Crippen LogP contribution in [0.1, 0.15) is 38.5 Å². The van der Waals surface area contributed by atoms with Crippen LogP contribution in [0.5, 0.6) is 0 Å². The van der Waals surface area contributed by atoms with Gasteiger partial charge in [-0.15, -0.1) is 4.83 Å². The summed E-state index contributed by atoms with van der Waals surface area (Å²) < 4.78 is 24.8. The first kappa shape index (κ1) is 17.6. The van der Waals surface area contributed by atoms with Crippen molar-refractivity contribution in [2.24, 2.45) is 23.2 Å². The Labute approximate surface area is 157 Å². The lowest BCUT2D eigenvalue weighted by molar-refractivity contribution is -0.146. The number of carbonyl (C=O) groups excluding carboxylic acids is 1. The van der Waals surface area contributed by atoms with E-state index in [-0.39, 0.29) is 20.8 Å². The van der Waals surface area contributed by atoms with Crippen molar-refractivity contribution in [2.45, 2.75) is 43.4 Å². The van der Waals surface area contributed by atoms with Gasteiger partial charge in [-0.2, -0.15) is 0 Å². The average Bonchev–Trinajstić information content (AvgIpc) is 2.50. The van der Waals surface area contributed by atoms with Gasteiger partial charge in [0, 0.05) is 10.0 Å². The summed E-state index contributed by atoms with van der Waals surface area (Å²) in [6.07, 6.45) is 6.28. The standard InChI is InChI=1S/C17H20Cl2N2O3S/c18-13-4-14(19)6-15(5-13)25(23,24)21-20-16(22)17-7-10-1-11(8-17)3-12(2-10)9-17/h4-6,10-12,21H,1-3,7-9H2,(H,20,22). The van der Waals surface area contributed by atoms with E-state index in [1.807, 2.05) is 0 Å². The molecule has 0 atom stereocenters. The average molecular weight is 403 g/mol. The lowest BCUT2D eigenvalue weighted by Crippen LogP contribution is -2.56. The van der Waals surface area contributed by atoms with E-state index < -0.39 is 15.4 Å². The second-order valence-electron chi connectivity index (χ2n) is 7.86. The highest BCUT2D eigenvalue weighted by Gasteiger charge is 2.54. The number of hydrogen-bond donors (Lipinski definition) is 2. The van der Waals surface area contributed by atoms with Crippen LogP contribution in [0, 0.1) is 23.2 Å². The third kappa shape index (κ3) is 3.29. The number of carbonyl (C=O) groups is 1. The van der Waals surface area contributed by atoms with Crippen LogP contribution in [0.15, 0.2) is 23.1 Å². The summed E-state index contributed by atoms with van der Waals surface area (Å²) in [5, 5.41) is 0.445. The highest BCUT2D eigenvalue weighted by Crippen LogP contribution is 2.60. The highest BCUT2D eigenvalue weighted by molar-refractivity contribution is 7.89. The van der Waals surface area contributed by atoms with Crippen LogP contribution in [-0.2, 0) is 14.8 Å². The van der Waals surface area contributed by atoms with Gasteiger partial charge in [0.15, 0.2) is 0 Å². The van der Waals surface area contributed by atoms with E-state index in [9.17, 15) is 13.2 Å². The van der Waals surface area contributed by atoms with Crippen LogP contribution >= 0.6 is 23.2 Å². The Kier molecular flexibility index (Phi) is 4.30. The molecule has 5 nitrogen and oxygen atoms in total. The van der Waals surface area contributed by atoms with Crippen molar-refractivity contribution in [3.63, 3.8) is 0 Å². The van der Waals surface area contributed by atoms with Crippen LogP contribution < -0.4 is 10.3 Å². The molecule has 0 radical (unpaired) electrons. The first-order chi connectivity index (χ1) is 11.8. The van der Waals surface area contributed by atoms with Crippen LogP contribution in [0.4, 0.5) is 0 Å². The Bertz CT molecular complexity index is 770. The topological polar surface area (TPSA) is 75.3 Å². The molecule has 25 heavy (non-hydrogen) atoms. The smallest absolute Gasteiger partial charge is 0.257 e. The maximum atomic E-state index is 12.8. The van der Waals surface area contributed by atoms with Gasteiger partial charge in [0.05, 0.1) is 10.3 Å². The summed E-state index contributed by atoms with van der Waals surface area (Å²) in [4.78, 5) is 15.0. The van der Waals surface area contributed by atoms with Crippen LogP contribution in [0.3, 0.4) is 0 Å². The number of sulfonamides is 1. The molecule has 4 saturated carbocycles. The van der Waals surface area contributed by atoms with Gasteiger partial charge in [0.2, 0.25) is 5.91 Å². The zero-order valence-corrected chi connectivity index (χ0v) is 15.9. The van der Waals surface area contributed by atoms with Gasteiger partial charge in [0.1, 0.15) is 0 Å². The SMILES string of the molecule is O=C(NNS(=O)(=O)c1cc(Cl)cc(Cl)c1)C12CC3CC(CC(C3)C1)C2. The Hall–Kier alpha value is -0.820. The molecule has 1 aromatic carbocycles. The maximum absolute atomic E-state index is 12.8. The van der Waals surface area contributed by atoms with Crippen molar-refractivity contribution >= 4 is 39.1 Å². The van der Waals surface area contributed by atoms with Crippen LogP contribution in [0.25, 0.3) is 0 Å². The van der Waals surface area contributed by atoms with E-state index >= 15 is 0 Å². The molecule has 1 amide bonds. The van der Waals surface area contributed by atoms with E-state index in [0.717, 1.165) is 19.3 Å². The molecular formula is C17H20Cl2N2O3S. The first-order valence-electron chi connectivity index (χ1n) is 8.54. The van der Waals surface area contributed by atoms with Crippen molar-refractivity contribution in [1.82, 2.24) is 10.3 Å². The molecular weight excluding hydrogens is 383 g/mol. The Morgan fingerprint density at radius 2 is 1.44 bits per heavy atom. The van der Waals surface area contributed by atoms with Crippen molar-refractivity contribution in [3.8, 4) is 0 Å². The summed E-state index contributed by atoms with van der Waals surface area (Å²) in [6, 6.07) is 4.05. The number of rotatable bonds is 4. The zero-order chi connectivity index (χ0) is 17.8. The fourth-order valence-electron chi connectivity index (χ4n) is 5.38. The molecule has 136 valence electrons. The predicted molar refractivity (Wildman–Crippen MR) is 95.5 cm³/mol. The molecule has 4 fully saturated rings. The fraction of sp³-hybridized carbons (Fsp3) is 0.588. The molecule has 2 N–H and O–H groups in total. The van der Waals surface area contributed by atoms with Gasteiger partial charge in [-0.1, -0.05) is 23.2 Å². The van der Waals surface area contributed by atoms with Crippen molar-refractivity contribution < 1.29 is 13.2 Å². The summed E-state index contributed by atoms with van der Waals surface area (Å²) in [6.45, 7) is 0. The fourth-order valence-corrected chi connectivity index (χ4v) is 6.94. The lowest BCUT2D eigenvalue weighted by atomic mass is 9.49. The minimum Gasteiger partial charge on any atom is -0.277 e. The quantitative estimate of drug-likeness (QED) is 0.756. The van der Waals surface area contributed by atoms with Crippen molar-refractivity contribution in [3.05, 3.63) is 28.2 Å². The molecule has 0 saturated heterocycles. The molecule has 0 spiro atoms. The molecule has 0 aromatic heterocycles. The van der Waals surface area contributed by atoms with Gasteiger partial charge in [0.25, 0.3) is 10.0 Å². The largest absolute Gasteiger partial charge is 0.277 e. The van der Waals surface area contributed by atoms with E-state index in [0.29, 0.717) is 17.8 Å². The zero-order valence-electron chi connectivity index (χ0n) is 13.6. The second kappa shape index (κ2) is 6.12. The number of nitrogens with one attached hydrogen (secondary N) is 2. The monoisotopic (exact) mass is 402 g/mol. The van der Waals surface area contributed by atoms with Gasteiger partial charge >= 0.3 is 0 Å². The Morgan fingerprint density at radius 3 is 1.92 bits per heavy atom. The third-order valence-electron chi connectivity index (χ3n) is 5.97. The van der Waals surface area contributed by atoms with Gasteiger partial charge in [-0.25, -0.2) is 8.42 Å². The molecule has 0 aliphatic heterocycles. The summed E-state index contributed by atoms with van der Waals surface area (Å²) in [5.74, 6) is 1.63. The molecule has 8 heteroatoms. The molecule has 4 aliphatic rings. The van der Waals surface area contributed by atoms with E-state index in [2.05, 4.69) is 10.3 Å². The summed E-state index contributed by atoms with van der Waals surface area (Å²) >= 11 is 11.7. The molecule has 5 rings (SSSR count). The minimum absolute atomic E-state index is 0.0733. The molecule has 0 unspecified atom stereocenters. The molecule has 1 aromatic rings. The predicted octanol–water partition coefficient (Wildman–Crippen LogP) is 3.52. The number of benzene rings is 1. The van der Waals surface area contributed by atoms with E-state index in [4.69, 9.17) is 23.2 Å². The van der Waals surface area contributed by atoms with Crippen molar-refractivity contribution in [2.75, 3.05) is 0 Å². The van der Waals surface area contributed by atoms with E-state index in [1.165, 1.54) is 37.5 Å². The Balaban J connectivity index is 1.48.